The Labute approximate surface area is 85.9 Å². The lowest BCUT2D eigenvalue weighted by atomic mass is 10.1. The van der Waals surface area contributed by atoms with E-state index in [4.69, 9.17) is 5.73 Å². The van der Waals surface area contributed by atoms with Crippen molar-refractivity contribution in [1.29, 1.82) is 0 Å². The minimum Gasteiger partial charge on any atom is -0.398 e. The number of thiophene rings is 1. The predicted molar refractivity (Wildman–Crippen MR) is 62.8 cm³/mol. The summed E-state index contributed by atoms with van der Waals surface area (Å²) >= 11 is 3.52. The molecule has 2 aromatic rings. The molecule has 2 rings (SSSR count). The first-order chi connectivity index (χ1) is 6.24. The number of hydrogen-bond donors (Lipinski definition) is 1. The van der Waals surface area contributed by atoms with Gasteiger partial charge in [0, 0.05) is 21.3 Å². The Morgan fingerprint density at radius 1 is 1.38 bits per heavy atom. The quantitative estimate of drug-likeness (QED) is 0.574. The number of hydrogen-bond acceptors (Lipinski definition) is 3. The number of thioether (sulfide) groups is 1. The van der Waals surface area contributed by atoms with Gasteiger partial charge in [-0.25, -0.2) is 0 Å². The summed E-state index contributed by atoms with van der Waals surface area (Å²) in [4.78, 5) is 1.34. The summed E-state index contributed by atoms with van der Waals surface area (Å²) < 4.78 is 1.23. The van der Waals surface area contributed by atoms with Crippen molar-refractivity contribution in [2.24, 2.45) is 0 Å². The first-order valence-electron chi connectivity index (χ1n) is 4.04. The summed E-state index contributed by atoms with van der Waals surface area (Å²) in [5.74, 6) is 0. The summed E-state index contributed by atoms with van der Waals surface area (Å²) in [5, 5.41) is 3.51. The molecule has 1 aromatic heterocycles. The van der Waals surface area contributed by atoms with Crippen LogP contribution in [0, 0.1) is 6.92 Å². The molecule has 0 amide bonds. The zero-order valence-corrected chi connectivity index (χ0v) is 9.26. The fourth-order valence-electron chi connectivity index (χ4n) is 1.45. The summed E-state index contributed by atoms with van der Waals surface area (Å²) in [6, 6.07) is 4.07. The fraction of sp³-hybridized carbons (Fsp3) is 0.200. The van der Waals surface area contributed by atoms with E-state index in [2.05, 4.69) is 24.6 Å². The molecule has 0 radical (unpaired) electrons. The molecular weight excluding hydrogens is 198 g/mol. The number of anilines is 1. The number of nitrogens with two attached hydrogens (primary N) is 1. The molecule has 3 heteroatoms. The zero-order chi connectivity index (χ0) is 9.42. The molecule has 0 unspecified atom stereocenters. The van der Waals surface area contributed by atoms with Gasteiger partial charge >= 0.3 is 0 Å². The number of benzene rings is 1. The van der Waals surface area contributed by atoms with Crippen LogP contribution in [0.25, 0.3) is 10.1 Å². The summed E-state index contributed by atoms with van der Waals surface area (Å²) in [6.07, 6.45) is 2.10. The Morgan fingerprint density at radius 2 is 2.15 bits per heavy atom. The molecule has 1 aromatic carbocycles. The number of aryl methyl sites for hydroxylation is 1. The second-order valence-electron chi connectivity index (χ2n) is 2.98. The van der Waals surface area contributed by atoms with Crippen molar-refractivity contribution in [3.05, 3.63) is 23.1 Å². The minimum atomic E-state index is 0.894. The number of fused-ring (bicyclic) bond motifs is 1. The SMILES string of the molecule is CSc1csc2c(N)ccc(C)c12. The van der Waals surface area contributed by atoms with E-state index in [1.54, 1.807) is 23.1 Å². The molecule has 0 aliphatic heterocycles. The van der Waals surface area contributed by atoms with E-state index in [1.165, 1.54) is 20.5 Å². The zero-order valence-electron chi connectivity index (χ0n) is 7.63. The van der Waals surface area contributed by atoms with Gasteiger partial charge in [0.15, 0.2) is 0 Å². The molecule has 0 saturated heterocycles. The molecule has 1 nitrogen and oxygen atoms in total. The third kappa shape index (κ3) is 1.32. The Morgan fingerprint density at radius 3 is 2.85 bits per heavy atom. The van der Waals surface area contributed by atoms with Gasteiger partial charge < -0.3 is 5.73 Å². The van der Waals surface area contributed by atoms with Crippen LogP contribution >= 0.6 is 23.1 Å². The van der Waals surface area contributed by atoms with E-state index in [-0.39, 0.29) is 0 Å². The molecule has 2 N–H and O–H groups in total. The van der Waals surface area contributed by atoms with Gasteiger partial charge in [0.25, 0.3) is 0 Å². The summed E-state index contributed by atoms with van der Waals surface area (Å²) in [7, 11) is 0. The Balaban J connectivity index is 2.87. The monoisotopic (exact) mass is 209 g/mol. The number of nitrogen functional groups attached to an aromatic ring is 1. The van der Waals surface area contributed by atoms with Crippen LogP contribution in [0.15, 0.2) is 22.4 Å². The van der Waals surface area contributed by atoms with Gasteiger partial charge in [0.1, 0.15) is 0 Å². The maximum atomic E-state index is 5.89. The van der Waals surface area contributed by atoms with Gasteiger partial charge in [0.2, 0.25) is 0 Å². The maximum absolute atomic E-state index is 5.89. The Kier molecular flexibility index (Phi) is 2.22. The second kappa shape index (κ2) is 3.24. The average molecular weight is 209 g/mol. The van der Waals surface area contributed by atoms with Crippen LogP contribution in [0.4, 0.5) is 5.69 Å². The molecule has 0 aliphatic carbocycles. The van der Waals surface area contributed by atoms with Crippen LogP contribution in [0.2, 0.25) is 0 Å². The second-order valence-corrected chi connectivity index (χ2v) is 4.71. The van der Waals surface area contributed by atoms with Crippen molar-refractivity contribution in [2.75, 3.05) is 12.0 Å². The van der Waals surface area contributed by atoms with Gasteiger partial charge in [0.05, 0.1) is 4.70 Å². The minimum absolute atomic E-state index is 0.894. The lowest BCUT2D eigenvalue weighted by Crippen LogP contribution is -1.85. The first kappa shape index (κ1) is 8.91. The molecule has 0 atom stereocenters. The van der Waals surface area contributed by atoms with E-state index in [0.717, 1.165) is 5.69 Å². The van der Waals surface area contributed by atoms with Crippen LogP contribution < -0.4 is 5.73 Å². The topological polar surface area (TPSA) is 26.0 Å². The Hall–Kier alpha value is -0.670. The third-order valence-corrected chi connectivity index (χ3v) is 4.09. The lowest BCUT2D eigenvalue weighted by molar-refractivity contribution is 1.50. The number of rotatable bonds is 1. The highest BCUT2D eigenvalue weighted by molar-refractivity contribution is 7.99. The summed E-state index contributed by atoms with van der Waals surface area (Å²) in [6.45, 7) is 2.13. The van der Waals surface area contributed by atoms with Gasteiger partial charge in [-0.1, -0.05) is 6.07 Å². The van der Waals surface area contributed by atoms with E-state index in [0.29, 0.717) is 0 Å². The predicted octanol–water partition coefficient (Wildman–Crippen LogP) is 3.51. The maximum Gasteiger partial charge on any atom is 0.0586 e. The molecule has 0 aliphatic rings. The molecule has 0 fully saturated rings. The van der Waals surface area contributed by atoms with Crippen molar-refractivity contribution in [1.82, 2.24) is 0 Å². The van der Waals surface area contributed by atoms with Crippen LogP contribution in [0.5, 0.6) is 0 Å². The van der Waals surface area contributed by atoms with Crippen molar-refractivity contribution in [3.63, 3.8) is 0 Å². The highest BCUT2D eigenvalue weighted by Gasteiger charge is 2.07. The van der Waals surface area contributed by atoms with Crippen molar-refractivity contribution < 1.29 is 0 Å². The van der Waals surface area contributed by atoms with Crippen LogP contribution in [-0.2, 0) is 0 Å². The first-order valence-corrected chi connectivity index (χ1v) is 6.14. The molecule has 1 heterocycles. The highest BCUT2D eigenvalue weighted by atomic mass is 32.2. The van der Waals surface area contributed by atoms with Crippen LogP contribution in [-0.4, -0.2) is 6.26 Å². The fourth-order valence-corrected chi connectivity index (χ4v) is 3.45. The van der Waals surface area contributed by atoms with Crippen LogP contribution in [0.3, 0.4) is 0 Å². The largest absolute Gasteiger partial charge is 0.398 e. The molecular formula is C10H11NS2. The van der Waals surface area contributed by atoms with E-state index < -0.39 is 0 Å². The molecule has 68 valence electrons. The summed E-state index contributed by atoms with van der Waals surface area (Å²) in [5.41, 5.74) is 8.10. The molecule has 13 heavy (non-hydrogen) atoms. The van der Waals surface area contributed by atoms with Crippen LogP contribution in [0.1, 0.15) is 5.56 Å². The standard InChI is InChI=1S/C10H11NS2/c1-6-3-4-7(11)10-9(6)8(12-2)5-13-10/h3-5H,11H2,1-2H3. The highest BCUT2D eigenvalue weighted by Crippen LogP contribution is 2.37. The van der Waals surface area contributed by atoms with E-state index >= 15 is 0 Å². The Bertz CT molecular complexity index is 445. The molecule has 0 spiro atoms. The van der Waals surface area contributed by atoms with Gasteiger partial charge in [-0.05, 0) is 24.8 Å². The smallest absolute Gasteiger partial charge is 0.0586 e. The van der Waals surface area contributed by atoms with Crippen molar-refractivity contribution in [3.8, 4) is 0 Å². The van der Waals surface area contributed by atoms with Gasteiger partial charge in [-0.3, -0.25) is 0 Å². The van der Waals surface area contributed by atoms with E-state index in [1.807, 2.05) is 6.07 Å². The molecule has 0 saturated carbocycles. The lowest BCUT2D eigenvalue weighted by Gasteiger charge is -2.01. The van der Waals surface area contributed by atoms with Gasteiger partial charge in [-0.2, -0.15) is 0 Å². The molecule has 0 bridgehead atoms. The van der Waals surface area contributed by atoms with E-state index in [9.17, 15) is 0 Å². The van der Waals surface area contributed by atoms with Crippen molar-refractivity contribution in [2.45, 2.75) is 11.8 Å². The van der Waals surface area contributed by atoms with Crippen molar-refractivity contribution >= 4 is 38.9 Å². The third-order valence-electron chi connectivity index (χ3n) is 2.15. The normalized spacial score (nSPS) is 10.9. The average Bonchev–Trinajstić information content (AvgIpc) is 2.56. The van der Waals surface area contributed by atoms with Gasteiger partial charge in [-0.15, -0.1) is 23.1 Å².